The molecule has 0 aromatic heterocycles. The Balaban J connectivity index is 2.50. The summed E-state index contributed by atoms with van der Waals surface area (Å²) < 4.78 is 4.45. The molecule has 21 heavy (non-hydrogen) atoms. The fraction of sp³-hybridized carbons (Fsp3) is 0.214. The number of nitrogens with one attached hydrogen (secondary N) is 2. The molecule has 0 saturated heterocycles. The lowest BCUT2D eigenvalue weighted by Crippen LogP contribution is -2.30. The SMILES string of the molecule is COC(=O)CCNC(=O)Nc1cccc(/C=C/C(=O)O)c1. The zero-order valence-electron chi connectivity index (χ0n) is 11.5. The van der Waals surface area contributed by atoms with E-state index in [2.05, 4.69) is 15.4 Å². The molecule has 1 aromatic rings. The molecule has 2 amide bonds. The lowest BCUT2D eigenvalue weighted by molar-refractivity contribution is -0.140. The highest BCUT2D eigenvalue weighted by molar-refractivity contribution is 5.90. The number of hydrogen-bond donors (Lipinski definition) is 3. The van der Waals surface area contributed by atoms with E-state index in [0.717, 1.165) is 6.08 Å². The molecule has 0 aliphatic heterocycles. The van der Waals surface area contributed by atoms with Crippen molar-refractivity contribution < 1.29 is 24.2 Å². The average Bonchev–Trinajstić information content (AvgIpc) is 2.45. The van der Waals surface area contributed by atoms with E-state index in [9.17, 15) is 14.4 Å². The van der Waals surface area contributed by atoms with Gasteiger partial charge in [0.2, 0.25) is 0 Å². The zero-order valence-corrected chi connectivity index (χ0v) is 11.5. The first-order chi connectivity index (χ1) is 10.0. The van der Waals surface area contributed by atoms with Crippen molar-refractivity contribution >= 4 is 29.7 Å². The van der Waals surface area contributed by atoms with Gasteiger partial charge in [0.05, 0.1) is 13.5 Å². The van der Waals surface area contributed by atoms with Crippen LogP contribution < -0.4 is 10.6 Å². The zero-order chi connectivity index (χ0) is 15.7. The maximum Gasteiger partial charge on any atom is 0.328 e. The van der Waals surface area contributed by atoms with Crippen molar-refractivity contribution in [3.05, 3.63) is 35.9 Å². The fourth-order valence-electron chi connectivity index (χ4n) is 1.44. The van der Waals surface area contributed by atoms with Crippen LogP contribution in [-0.4, -0.2) is 36.7 Å². The number of carbonyl (C=O) groups is 3. The minimum absolute atomic E-state index is 0.0886. The van der Waals surface area contributed by atoms with Gasteiger partial charge in [-0.1, -0.05) is 12.1 Å². The van der Waals surface area contributed by atoms with Gasteiger partial charge in [-0.2, -0.15) is 0 Å². The first-order valence-electron chi connectivity index (χ1n) is 6.14. The first kappa shape index (κ1) is 16.2. The number of hydrogen-bond acceptors (Lipinski definition) is 4. The number of urea groups is 1. The van der Waals surface area contributed by atoms with Gasteiger partial charge in [-0.25, -0.2) is 9.59 Å². The number of esters is 1. The van der Waals surface area contributed by atoms with Crippen LogP contribution in [0, 0.1) is 0 Å². The van der Waals surface area contributed by atoms with Gasteiger partial charge in [0, 0.05) is 18.3 Å². The highest BCUT2D eigenvalue weighted by Crippen LogP contribution is 2.11. The number of aliphatic carboxylic acids is 1. The molecule has 0 fully saturated rings. The normalized spacial score (nSPS) is 10.1. The summed E-state index contributed by atoms with van der Waals surface area (Å²) in [7, 11) is 1.28. The smallest absolute Gasteiger partial charge is 0.328 e. The van der Waals surface area contributed by atoms with Crippen molar-refractivity contribution in [3.63, 3.8) is 0 Å². The lowest BCUT2D eigenvalue weighted by Gasteiger charge is -2.07. The van der Waals surface area contributed by atoms with Crippen LogP contribution >= 0.6 is 0 Å². The van der Waals surface area contributed by atoms with E-state index in [1.54, 1.807) is 24.3 Å². The molecule has 0 aliphatic rings. The van der Waals surface area contributed by atoms with Crippen LogP contribution in [0.1, 0.15) is 12.0 Å². The second-order valence-corrected chi connectivity index (χ2v) is 4.00. The summed E-state index contributed by atoms with van der Waals surface area (Å²) in [6.07, 6.45) is 2.52. The Morgan fingerprint density at radius 2 is 2.10 bits per heavy atom. The number of carboxylic acid groups (broad SMARTS) is 1. The van der Waals surface area contributed by atoms with Crippen molar-refractivity contribution in [3.8, 4) is 0 Å². The van der Waals surface area contributed by atoms with Crippen LogP contribution in [0.5, 0.6) is 0 Å². The number of ether oxygens (including phenoxy) is 1. The number of rotatable bonds is 6. The number of carbonyl (C=O) groups excluding carboxylic acids is 2. The summed E-state index contributed by atoms with van der Waals surface area (Å²) in [5.74, 6) is -1.45. The molecule has 1 aromatic carbocycles. The molecule has 7 heteroatoms. The van der Waals surface area contributed by atoms with Gasteiger partial charge in [0.15, 0.2) is 0 Å². The summed E-state index contributed by atoms with van der Waals surface area (Å²) in [4.78, 5) is 32.9. The number of carboxylic acids is 1. The van der Waals surface area contributed by atoms with E-state index in [1.165, 1.54) is 13.2 Å². The topological polar surface area (TPSA) is 105 Å². The molecule has 0 bridgehead atoms. The monoisotopic (exact) mass is 292 g/mol. The van der Waals surface area contributed by atoms with Crippen LogP contribution in [0.25, 0.3) is 6.08 Å². The van der Waals surface area contributed by atoms with Gasteiger partial charge in [-0.3, -0.25) is 4.79 Å². The lowest BCUT2D eigenvalue weighted by atomic mass is 10.2. The predicted molar refractivity (Wildman–Crippen MR) is 76.8 cm³/mol. The molecule has 0 spiro atoms. The van der Waals surface area contributed by atoms with E-state index in [1.807, 2.05) is 0 Å². The molecular formula is C14H16N2O5. The number of benzene rings is 1. The second-order valence-electron chi connectivity index (χ2n) is 4.00. The third-order valence-electron chi connectivity index (χ3n) is 2.41. The highest BCUT2D eigenvalue weighted by Gasteiger charge is 2.04. The molecule has 3 N–H and O–H groups in total. The quantitative estimate of drug-likeness (QED) is 0.544. The van der Waals surface area contributed by atoms with E-state index in [0.29, 0.717) is 11.3 Å². The molecule has 7 nitrogen and oxygen atoms in total. The minimum atomic E-state index is -1.05. The molecule has 0 radical (unpaired) electrons. The number of methoxy groups -OCH3 is 1. The third kappa shape index (κ3) is 6.76. The van der Waals surface area contributed by atoms with Crippen molar-refractivity contribution in [2.75, 3.05) is 19.0 Å². The van der Waals surface area contributed by atoms with Gasteiger partial charge < -0.3 is 20.5 Å². The van der Waals surface area contributed by atoms with Crippen LogP contribution in [0.15, 0.2) is 30.3 Å². The molecule has 0 aliphatic carbocycles. The predicted octanol–water partition coefficient (Wildman–Crippen LogP) is 1.47. The summed E-state index contributed by atoms with van der Waals surface area (Å²) >= 11 is 0. The van der Waals surface area contributed by atoms with Gasteiger partial charge in [0.25, 0.3) is 0 Å². The molecule has 0 saturated carbocycles. The molecule has 0 atom stereocenters. The fourth-order valence-corrected chi connectivity index (χ4v) is 1.44. The average molecular weight is 292 g/mol. The van der Waals surface area contributed by atoms with E-state index in [4.69, 9.17) is 5.11 Å². The first-order valence-corrected chi connectivity index (χ1v) is 6.14. The van der Waals surface area contributed by atoms with Crippen LogP contribution in [0.4, 0.5) is 10.5 Å². The van der Waals surface area contributed by atoms with E-state index in [-0.39, 0.29) is 13.0 Å². The maximum absolute atomic E-state index is 11.6. The standard InChI is InChI=1S/C14H16N2O5/c1-21-13(19)7-8-15-14(20)16-11-4-2-3-10(9-11)5-6-12(17)18/h2-6,9H,7-8H2,1H3,(H,17,18)(H2,15,16,20)/b6-5+. The second kappa shape index (κ2) is 8.36. The van der Waals surface area contributed by atoms with E-state index < -0.39 is 18.0 Å². The summed E-state index contributed by atoms with van der Waals surface area (Å²) in [6.45, 7) is 0.164. The molecule has 1 rings (SSSR count). The minimum Gasteiger partial charge on any atom is -0.478 e. The molecule has 0 unspecified atom stereocenters. The maximum atomic E-state index is 11.6. The summed E-state index contributed by atoms with van der Waals surface area (Å²) in [5.41, 5.74) is 1.16. The van der Waals surface area contributed by atoms with Gasteiger partial charge in [-0.05, 0) is 23.8 Å². The van der Waals surface area contributed by atoms with Crippen molar-refractivity contribution in [2.24, 2.45) is 0 Å². The Kier molecular flexibility index (Phi) is 6.46. The summed E-state index contributed by atoms with van der Waals surface area (Å²) in [5, 5.41) is 13.6. The van der Waals surface area contributed by atoms with E-state index >= 15 is 0 Å². The van der Waals surface area contributed by atoms with Crippen LogP contribution in [-0.2, 0) is 14.3 Å². The Labute approximate surface area is 121 Å². The van der Waals surface area contributed by atoms with Gasteiger partial charge in [-0.15, -0.1) is 0 Å². The molecule has 112 valence electrons. The van der Waals surface area contributed by atoms with Crippen LogP contribution in [0.2, 0.25) is 0 Å². The molecule has 0 heterocycles. The van der Waals surface area contributed by atoms with Crippen molar-refractivity contribution in [2.45, 2.75) is 6.42 Å². The number of amides is 2. The Hall–Kier alpha value is -2.83. The number of anilines is 1. The van der Waals surface area contributed by atoms with Crippen molar-refractivity contribution in [1.29, 1.82) is 0 Å². The largest absolute Gasteiger partial charge is 0.478 e. The molecular weight excluding hydrogens is 276 g/mol. The van der Waals surface area contributed by atoms with Crippen molar-refractivity contribution in [1.82, 2.24) is 5.32 Å². The van der Waals surface area contributed by atoms with Crippen LogP contribution in [0.3, 0.4) is 0 Å². The summed E-state index contributed by atoms with van der Waals surface area (Å²) in [6, 6.07) is 6.22. The van der Waals surface area contributed by atoms with Gasteiger partial charge in [0.1, 0.15) is 0 Å². The Morgan fingerprint density at radius 1 is 1.33 bits per heavy atom. The third-order valence-corrected chi connectivity index (χ3v) is 2.41. The Bertz CT molecular complexity index is 554. The Morgan fingerprint density at radius 3 is 2.76 bits per heavy atom. The highest BCUT2D eigenvalue weighted by atomic mass is 16.5. The van der Waals surface area contributed by atoms with Gasteiger partial charge >= 0.3 is 18.0 Å².